The largest absolute Gasteiger partial charge is 0.378 e. The topological polar surface area (TPSA) is 35.6 Å². The first-order valence-electron chi connectivity index (χ1n) is 7.41. The van der Waals surface area contributed by atoms with Gasteiger partial charge in [-0.25, -0.2) is 0 Å². The van der Waals surface area contributed by atoms with Crippen molar-refractivity contribution < 1.29 is 4.79 Å². The Morgan fingerprint density at radius 3 is 2.41 bits per heavy atom. The fourth-order valence-corrected chi connectivity index (χ4v) is 2.48. The lowest BCUT2D eigenvalue weighted by Gasteiger charge is -2.15. The number of hydrogen-bond acceptors (Lipinski definition) is 3. The lowest BCUT2D eigenvalue weighted by Crippen LogP contribution is -2.28. The van der Waals surface area contributed by atoms with E-state index >= 15 is 0 Å². The van der Waals surface area contributed by atoms with E-state index in [0.717, 1.165) is 45.4 Å². The fraction of sp³-hybridized carbons (Fsp3) is 0.562. The Bertz CT molecular complexity index is 438. The number of nitrogens with one attached hydrogen (secondary N) is 1. The SMILES string of the molecule is CN(C)c1ccc(CNCCCN2CCCC2=O)cc1.Cl.Cl. The van der Waals surface area contributed by atoms with Gasteiger partial charge in [0, 0.05) is 45.8 Å². The minimum absolute atomic E-state index is 0. The van der Waals surface area contributed by atoms with Crippen molar-refractivity contribution in [3.05, 3.63) is 29.8 Å². The second-order valence-corrected chi connectivity index (χ2v) is 5.58. The maximum atomic E-state index is 11.4. The van der Waals surface area contributed by atoms with Crippen LogP contribution in [-0.2, 0) is 11.3 Å². The molecule has 0 radical (unpaired) electrons. The van der Waals surface area contributed by atoms with Crippen LogP contribution in [0.25, 0.3) is 0 Å². The molecule has 6 heteroatoms. The second-order valence-electron chi connectivity index (χ2n) is 5.58. The van der Waals surface area contributed by atoms with Gasteiger partial charge in [-0.05, 0) is 37.1 Å². The van der Waals surface area contributed by atoms with Crippen LogP contribution in [0.1, 0.15) is 24.8 Å². The second kappa shape index (κ2) is 10.7. The third-order valence-electron chi connectivity index (χ3n) is 3.73. The summed E-state index contributed by atoms with van der Waals surface area (Å²) < 4.78 is 0. The number of carbonyl (C=O) groups excluding carboxylic acids is 1. The quantitative estimate of drug-likeness (QED) is 0.770. The highest BCUT2D eigenvalue weighted by Gasteiger charge is 2.18. The van der Waals surface area contributed by atoms with E-state index in [1.54, 1.807) is 0 Å². The Balaban J connectivity index is 0.00000220. The van der Waals surface area contributed by atoms with Gasteiger partial charge in [0.25, 0.3) is 0 Å². The maximum Gasteiger partial charge on any atom is 0.222 e. The Morgan fingerprint density at radius 1 is 1.18 bits per heavy atom. The lowest BCUT2D eigenvalue weighted by molar-refractivity contribution is -0.127. The van der Waals surface area contributed by atoms with E-state index in [1.165, 1.54) is 11.3 Å². The standard InChI is InChI=1S/C16H25N3O.2ClH/c1-18(2)15-8-6-14(7-9-15)13-17-10-4-12-19-11-3-5-16(19)20;;/h6-9,17H,3-5,10-13H2,1-2H3;2*1H. The molecule has 1 aromatic rings. The number of anilines is 1. The van der Waals surface area contributed by atoms with Crippen molar-refractivity contribution in [3.63, 3.8) is 0 Å². The summed E-state index contributed by atoms with van der Waals surface area (Å²) in [4.78, 5) is 15.5. The molecule has 0 saturated carbocycles. The van der Waals surface area contributed by atoms with E-state index in [2.05, 4.69) is 34.5 Å². The highest BCUT2D eigenvalue weighted by Crippen LogP contribution is 2.12. The molecule has 1 saturated heterocycles. The smallest absolute Gasteiger partial charge is 0.222 e. The Kier molecular flexibility index (Phi) is 10.2. The van der Waals surface area contributed by atoms with Crippen molar-refractivity contribution in [1.29, 1.82) is 0 Å². The van der Waals surface area contributed by atoms with Crippen molar-refractivity contribution >= 4 is 36.4 Å². The van der Waals surface area contributed by atoms with Crippen LogP contribution in [0.3, 0.4) is 0 Å². The minimum Gasteiger partial charge on any atom is -0.378 e. The summed E-state index contributed by atoms with van der Waals surface area (Å²) in [7, 11) is 4.10. The van der Waals surface area contributed by atoms with Gasteiger partial charge in [0.1, 0.15) is 0 Å². The average Bonchev–Trinajstić information content (AvgIpc) is 2.84. The van der Waals surface area contributed by atoms with E-state index < -0.39 is 0 Å². The predicted octanol–water partition coefficient (Wildman–Crippen LogP) is 2.70. The van der Waals surface area contributed by atoms with Crippen LogP contribution in [0.5, 0.6) is 0 Å². The average molecular weight is 348 g/mol. The highest BCUT2D eigenvalue weighted by atomic mass is 35.5. The van der Waals surface area contributed by atoms with Gasteiger partial charge in [0.15, 0.2) is 0 Å². The van der Waals surface area contributed by atoms with Crippen LogP contribution < -0.4 is 10.2 Å². The van der Waals surface area contributed by atoms with E-state index in [0.29, 0.717) is 5.91 Å². The number of carbonyl (C=O) groups is 1. The van der Waals surface area contributed by atoms with Gasteiger partial charge in [-0.3, -0.25) is 4.79 Å². The zero-order valence-corrected chi connectivity index (χ0v) is 15.0. The summed E-state index contributed by atoms with van der Waals surface area (Å²) in [6.07, 6.45) is 2.80. The van der Waals surface area contributed by atoms with E-state index in [4.69, 9.17) is 0 Å². The number of likely N-dealkylation sites (tertiary alicyclic amines) is 1. The molecule has 4 nitrogen and oxygen atoms in total. The number of rotatable bonds is 7. The van der Waals surface area contributed by atoms with Gasteiger partial charge in [-0.1, -0.05) is 12.1 Å². The molecule has 1 aromatic carbocycles. The molecule has 22 heavy (non-hydrogen) atoms. The molecule has 0 bridgehead atoms. The first kappa shape index (κ1) is 21.0. The fourth-order valence-electron chi connectivity index (χ4n) is 2.48. The van der Waals surface area contributed by atoms with Gasteiger partial charge in [0.05, 0.1) is 0 Å². The van der Waals surface area contributed by atoms with Gasteiger partial charge in [-0.15, -0.1) is 24.8 Å². The first-order valence-corrected chi connectivity index (χ1v) is 7.41. The molecule has 1 fully saturated rings. The number of nitrogens with zero attached hydrogens (tertiary/aromatic N) is 2. The summed E-state index contributed by atoms with van der Waals surface area (Å²) in [6, 6.07) is 8.60. The van der Waals surface area contributed by atoms with E-state index in [9.17, 15) is 4.79 Å². The number of amides is 1. The van der Waals surface area contributed by atoms with E-state index in [-0.39, 0.29) is 24.8 Å². The Hall–Kier alpha value is -0.970. The van der Waals surface area contributed by atoms with Gasteiger partial charge in [0.2, 0.25) is 5.91 Å². The van der Waals surface area contributed by atoms with Crippen molar-refractivity contribution in [3.8, 4) is 0 Å². The predicted molar refractivity (Wildman–Crippen MR) is 97.4 cm³/mol. The molecule has 0 atom stereocenters. The zero-order valence-electron chi connectivity index (χ0n) is 13.4. The number of hydrogen-bond donors (Lipinski definition) is 1. The molecule has 0 spiro atoms. The van der Waals surface area contributed by atoms with Crippen LogP contribution in [0.2, 0.25) is 0 Å². The summed E-state index contributed by atoms with van der Waals surface area (Å²) in [5, 5.41) is 3.44. The molecular weight excluding hydrogens is 321 g/mol. The molecule has 126 valence electrons. The molecule has 0 aromatic heterocycles. The van der Waals surface area contributed by atoms with Crippen molar-refractivity contribution in [1.82, 2.24) is 10.2 Å². The molecule has 1 heterocycles. The van der Waals surface area contributed by atoms with E-state index in [1.807, 2.05) is 19.0 Å². The van der Waals surface area contributed by atoms with Gasteiger partial charge in [-0.2, -0.15) is 0 Å². The van der Waals surface area contributed by atoms with Crippen molar-refractivity contribution in [2.45, 2.75) is 25.8 Å². The Labute approximate surface area is 146 Å². The third kappa shape index (κ3) is 6.42. The molecular formula is C16H27Cl2N3O. The normalized spacial score (nSPS) is 13.5. The molecule has 0 aliphatic carbocycles. The maximum absolute atomic E-state index is 11.4. The summed E-state index contributed by atoms with van der Waals surface area (Å²) >= 11 is 0. The van der Waals surface area contributed by atoms with Crippen LogP contribution in [0, 0.1) is 0 Å². The summed E-state index contributed by atoms with van der Waals surface area (Å²) in [5.74, 6) is 0.323. The molecule has 1 N–H and O–H groups in total. The number of benzene rings is 1. The summed E-state index contributed by atoms with van der Waals surface area (Å²) in [6.45, 7) is 3.69. The Morgan fingerprint density at radius 2 is 1.86 bits per heavy atom. The minimum atomic E-state index is 0. The van der Waals surface area contributed by atoms with Crippen LogP contribution in [0.15, 0.2) is 24.3 Å². The highest BCUT2D eigenvalue weighted by molar-refractivity contribution is 5.85. The molecule has 2 rings (SSSR count). The number of halogens is 2. The van der Waals surface area contributed by atoms with Gasteiger partial charge >= 0.3 is 0 Å². The zero-order chi connectivity index (χ0) is 14.4. The van der Waals surface area contributed by atoms with Crippen LogP contribution in [0.4, 0.5) is 5.69 Å². The molecule has 1 amide bonds. The molecule has 1 aliphatic heterocycles. The van der Waals surface area contributed by atoms with Crippen LogP contribution in [-0.4, -0.2) is 44.5 Å². The van der Waals surface area contributed by atoms with Crippen molar-refractivity contribution in [2.24, 2.45) is 0 Å². The molecule has 0 unspecified atom stereocenters. The van der Waals surface area contributed by atoms with Crippen molar-refractivity contribution in [2.75, 3.05) is 38.6 Å². The lowest BCUT2D eigenvalue weighted by atomic mass is 10.2. The van der Waals surface area contributed by atoms with Gasteiger partial charge < -0.3 is 15.1 Å². The first-order chi connectivity index (χ1) is 9.66. The summed E-state index contributed by atoms with van der Waals surface area (Å²) in [5.41, 5.74) is 2.52. The monoisotopic (exact) mass is 347 g/mol. The molecule has 1 aliphatic rings. The third-order valence-corrected chi connectivity index (χ3v) is 3.73. The van der Waals surface area contributed by atoms with Crippen LogP contribution >= 0.6 is 24.8 Å².